The van der Waals surface area contributed by atoms with E-state index in [1.165, 1.54) is 0 Å². The van der Waals surface area contributed by atoms with Gasteiger partial charge in [0, 0.05) is 12.6 Å². The normalized spacial score (nSPS) is 27.4. The zero-order valence-corrected chi connectivity index (χ0v) is 10.7. The third kappa shape index (κ3) is 4.00. The fourth-order valence-corrected chi connectivity index (χ4v) is 1.83. The fraction of sp³-hybridized carbons (Fsp3) is 0.917. The molecule has 1 fully saturated rings. The van der Waals surface area contributed by atoms with E-state index in [-0.39, 0.29) is 18.2 Å². The fourth-order valence-electron chi connectivity index (χ4n) is 1.83. The van der Waals surface area contributed by atoms with Crippen molar-refractivity contribution in [2.24, 2.45) is 0 Å². The van der Waals surface area contributed by atoms with Gasteiger partial charge in [-0.15, -0.1) is 0 Å². The molecule has 0 aromatic carbocycles. The molecule has 1 amide bonds. The maximum atomic E-state index is 11.9. The van der Waals surface area contributed by atoms with Gasteiger partial charge in [-0.25, -0.2) is 4.79 Å². The molecule has 1 heterocycles. The van der Waals surface area contributed by atoms with Crippen LogP contribution in [0.15, 0.2) is 0 Å². The molecule has 0 bridgehead atoms. The minimum Gasteiger partial charge on any atom is -0.444 e. The highest BCUT2D eigenvalue weighted by molar-refractivity contribution is 5.68. The van der Waals surface area contributed by atoms with Crippen LogP contribution in [0, 0.1) is 0 Å². The predicted octanol–water partition coefficient (Wildman–Crippen LogP) is 2.16. The summed E-state index contributed by atoms with van der Waals surface area (Å²) in [6.07, 6.45) is 1.69. The molecule has 1 rings (SSSR count). The Balaban J connectivity index is 2.60. The first-order chi connectivity index (χ1) is 7.29. The molecule has 0 saturated carbocycles. The first-order valence-electron chi connectivity index (χ1n) is 5.97. The van der Waals surface area contributed by atoms with Crippen LogP contribution in [0.5, 0.6) is 0 Å². The average molecular weight is 229 g/mol. The molecule has 2 unspecified atom stereocenters. The van der Waals surface area contributed by atoms with Crippen molar-refractivity contribution in [2.45, 2.75) is 64.7 Å². The van der Waals surface area contributed by atoms with Gasteiger partial charge in [0.15, 0.2) is 0 Å². The highest BCUT2D eigenvalue weighted by Gasteiger charge is 2.28. The lowest BCUT2D eigenvalue weighted by Crippen LogP contribution is -2.41. The van der Waals surface area contributed by atoms with Crippen molar-refractivity contribution in [3.8, 4) is 0 Å². The molecule has 4 nitrogen and oxygen atoms in total. The summed E-state index contributed by atoms with van der Waals surface area (Å²) in [5.41, 5.74) is -0.457. The predicted molar refractivity (Wildman–Crippen MR) is 62.3 cm³/mol. The number of hydrogen-bond donors (Lipinski definition) is 1. The maximum absolute atomic E-state index is 11.9. The Bertz CT molecular complexity index is 247. The van der Waals surface area contributed by atoms with Gasteiger partial charge in [0.25, 0.3) is 0 Å². The molecule has 1 saturated heterocycles. The Hall–Kier alpha value is -0.770. The van der Waals surface area contributed by atoms with Crippen LogP contribution in [0.4, 0.5) is 4.79 Å². The first kappa shape index (κ1) is 13.3. The molecule has 0 radical (unpaired) electrons. The number of amides is 1. The second-order valence-electron chi connectivity index (χ2n) is 5.54. The van der Waals surface area contributed by atoms with Gasteiger partial charge in [0.05, 0.1) is 6.10 Å². The minimum atomic E-state index is -0.457. The van der Waals surface area contributed by atoms with E-state index >= 15 is 0 Å². The second-order valence-corrected chi connectivity index (χ2v) is 5.54. The largest absolute Gasteiger partial charge is 0.444 e. The van der Waals surface area contributed by atoms with Crippen LogP contribution in [0.3, 0.4) is 0 Å². The number of aliphatic hydroxyl groups is 1. The van der Waals surface area contributed by atoms with Crippen molar-refractivity contribution < 1.29 is 14.6 Å². The maximum Gasteiger partial charge on any atom is 0.410 e. The molecule has 4 heteroatoms. The van der Waals surface area contributed by atoms with Crippen LogP contribution in [-0.4, -0.2) is 40.4 Å². The zero-order chi connectivity index (χ0) is 12.3. The van der Waals surface area contributed by atoms with E-state index in [9.17, 15) is 9.90 Å². The number of ether oxygens (including phenoxy) is 1. The Morgan fingerprint density at radius 2 is 1.94 bits per heavy atom. The number of hydrogen-bond acceptors (Lipinski definition) is 3. The third-order valence-corrected chi connectivity index (χ3v) is 2.78. The topological polar surface area (TPSA) is 49.8 Å². The summed E-state index contributed by atoms with van der Waals surface area (Å²) in [5, 5.41) is 9.56. The van der Waals surface area contributed by atoms with Crippen LogP contribution >= 0.6 is 0 Å². The number of nitrogens with zero attached hydrogens (tertiary/aromatic N) is 1. The summed E-state index contributed by atoms with van der Waals surface area (Å²) in [4.78, 5) is 13.6. The highest BCUT2D eigenvalue weighted by Crippen LogP contribution is 2.19. The minimum absolute atomic E-state index is 0.145. The van der Waals surface area contributed by atoms with Gasteiger partial charge in [-0.05, 0) is 47.0 Å². The van der Waals surface area contributed by atoms with E-state index in [0.29, 0.717) is 13.0 Å². The summed E-state index contributed by atoms with van der Waals surface area (Å²) in [6.45, 7) is 8.17. The van der Waals surface area contributed by atoms with Crippen molar-refractivity contribution >= 4 is 6.09 Å². The summed E-state index contributed by atoms with van der Waals surface area (Å²) in [5.74, 6) is 0. The van der Waals surface area contributed by atoms with Crippen molar-refractivity contribution in [3.63, 3.8) is 0 Å². The quantitative estimate of drug-likeness (QED) is 0.692. The first-order valence-corrected chi connectivity index (χ1v) is 5.97. The van der Waals surface area contributed by atoms with E-state index in [1.807, 2.05) is 27.7 Å². The van der Waals surface area contributed by atoms with Crippen LogP contribution in [0.1, 0.15) is 47.0 Å². The van der Waals surface area contributed by atoms with Gasteiger partial charge in [-0.1, -0.05) is 0 Å². The van der Waals surface area contributed by atoms with E-state index in [4.69, 9.17) is 4.74 Å². The number of carbonyl (C=O) groups excluding carboxylic acids is 1. The lowest BCUT2D eigenvalue weighted by Gasteiger charge is -2.30. The number of carbonyl (C=O) groups is 1. The standard InChI is InChI=1S/C12H23NO3/c1-9-5-6-10(14)7-8-13(9)11(15)16-12(2,3)4/h9-10,14H,5-8H2,1-4H3. The lowest BCUT2D eigenvalue weighted by atomic mass is 10.1. The summed E-state index contributed by atoms with van der Waals surface area (Å²) in [6, 6.07) is 0.145. The van der Waals surface area contributed by atoms with Gasteiger partial charge >= 0.3 is 6.09 Å². The molecule has 94 valence electrons. The van der Waals surface area contributed by atoms with Gasteiger partial charge in [-0.3, -0.25) is 0 Å². The summed E-state index contributed by atoms with van der Waals surface area (Å²) < 4.78 is 5.34. The molecule has 0 aliphatic carbocycles. The highest BCUT2D eigenvalue weighted by atomic mass is 16.6. The van der Waals surface area contributed by atoms with Gasteiger partial charge < -0.3 is 14.7 Å². The Morgan fingerprint density at radius 1 is 1.31 bits per heavy atom. The molecule has 16 heavy (non-hydrogen) atoms. The van der Waals surface area contributed by atoms with E-state index in [2.05, 4.69) is 0 Å². The van der Waals surface area contributed by atoms with Crippen LogP contribution in [0.2, 0.25) is 0 Å². The molecular weight excluding hydrogens is 206 g/mol. The molecule has 0 aromatic heterocycles. The molecule has 0 aromatic rings. The van der Waals surface area contributed by atoms with E-state index < -0.39 is 5.60 Å². The lowest BCUT2D eigenvalue weighted by molar-refractivity contribution is 0.0178. The monoisotopic (exact) mass is 229 g/mol. The number of aliphatic hydroxyl groups excluding tert-OH is 1. The third-order valence-electron chi connectivity index (χ3n) is 2.78. The Labute approximate surface area is 97.6 Å². The molecule has 1 aliphatic rings. The number of likely N-dealkylation sites (tertiary alicyclic amines) is 1. The van der Waals surface area contributed by atoms with E-state index in [1.54, 1.807) is 4.90 Å². The van der Waals surface area contributed by atoms with Gasteiger partial charge in [0.1, 0.15) is 5.60 Å². The molecule has 1 aliphatic heterocycles. The zero-order valence-electron chi connectivity index (χ0n) is 10.7. The van der Waals surface area contributed by atoms with Crippen molar-refractivity contribution in [1.82, 2.24) is 4.90 Å². The van der Waals surface area contributed by atoms with Crippen LogP contribution in [-0.2, 0) is 4.74 Å². The molecule has 2 atom stereocenters. The molecule has 0 spiro atoms. The Kier molecular flexibility index (Phi) is 4.19. The summed E-state index contributed by atoms with van der Waals surface area (Å²) >= 11 is 0. The smallest absolute Gasteiger partial charge is 0.410 e. The Morgan fingerprint density at radius 3 is 2.50 bits per heavy atom. The van der Waals surface area contributed by atoms with Crippen molar-refractivity contribution in [1.29, 1.82) is 0 Å². The van der Waals surface area contributed by atoms with Gasteiger partial charge in [-0.2, -0.15) is 0 Å². The second kappa shape index (κ2) is 5.04. The van der Waals surface area contributed by atoms with Crippen molar-refractivity contribution in [2.75, 3.05) is 6.54 Å². The van der Waals surface area contributed by atoms with Crippen molar-refractivity contribution in [3.05, 3.63) is 0 Å². The molecule has 1 N–H and O–H groups in total. The van der Waals surface area contributed by atoms with E-state index in [0.717, 1.165) is 12.8 Å². The molecular formula is C12H23NO3. The van der Waals surface area contributed by atoms with Crippen LogP contribution in [0.25, 0.3) is 0 Å². The number of rotatable bonds is 0. The van der Waals surface area contributed by atoms with Crippen LogP contribution < -0.4 is 0 Å². The SMILES string of the molecule is CC1CCC(O)CCN1C(=O)OC(C)(C)C. The van der Waals surface area contributed by atoms with Gasteiger partial charge in [0.2, 0.25) is 0 Å². The average Bonchev–Trinajstić information content (AvgIpc) is 2.26. The summed E-state index contributed by atoms with van der Waals surface area (Å²) in [7, 11) is 0.